The fourth-order valence-electron chi connectivity index (χ4n) is 3.89. The molecule has 1 fully saturated rings. The average molecular weight is 450 g/mol. The molecule has 2 aromatic carbocycles. The van der Waals surface area contributed by atoms with Crippen LogP contribution in [0, 0.1) is 18.8 Å². The Kier molecular flexibility index (Phi) is 7.36. The van der Waals surface area contributed by atoms with Crippen molar-refractivity contribution in [2.45, 2.75) is 46.3 Å². The number of hydrogen-bond donors (Lipinski definition) is 1. The summed E-state index contributed by atoms with van der Waals surface area (Å²) >= 11 is 0. The number of benzene rings is 2. The van der Waals surface area contributed by atoms with Gasteiger partial charge in [-0.25, -0.2) is 4.68 Å². The molecule has 1 atom stereocenters. The predicted octanol–water partition coefficient (Wildman–Crippen LogP) is 5.21. The lowest BCUT2D eigenvalue weighted by Crippen LogP contribution is -2.36. The Hall–Kier alpha value is -2.83. The Morgan fingerprint density at radius 3 is 2.33 bits per heavy atom. The Labute approximate surface area is 196 Å². The van der Waals surface area contributed by atoms with Crippen molar-refractivity contribution >= 4 is 0 Å². The first-order chi connectivity index (χ1) is 15.9. The third-order valence-electron chi connectivity index (χ3n) is 6.22. The van der Waals surface area contributed by atoms with Crippen LogP contribution in [0.4, 0.5) is 0 Å². The van der Waals surface area contributed by atoms with Crippen molar-refractivity contribution in [3.8, 4) is 23.1 Å². The maximum atomic E-state index is 10.6. The second kappa shape index (κ2) is 10.4. The quantitative estimate of drug-likeness (QED) is 0.435. The summed E-state index contributed by atoms with van der Waals surface area (Å²) < 4.78 is 13.6. The van der Waals surface area contributed by atoms with Gasteiger partial charge in [0.2, 0.25) is 5.88 Å². The minimum atomic E-state index is -0.362. The Morgan fingerprint density at radius 2 is 1.73 bits per heavy atom. The van der Waals surface area contributed by atoms with E-state index in [1.54, 1.807) is 7.11 Å². The van der Waals surface area contributed by atoms with Crippen LogP contribution >= 0.6 is 0 Å². The van der Waals surface area contributed by atoms with E-state index in [4.69, 9.17) is 14.6 Å². The number of methoxy groups -OCH3 is 1. The molecule has 0 bridgehead atoms. The molecule has 176 valence electrons. The molecule has 4 rings (SSSR count). The molecule has 6 heteroatoms. The van der Waals surface area contributed by atoms with Gasteiger partial charge in [0.1, 0.15) is 11.5 Å². The molecule has 0 spiro atoms. The van der Waals surface area contributed by atoms with Gasteiger partial charge in [0.15, 0.2) is 0 Å². The van der Waals surface area contributed by atoms with Gasteiger partial charge in [-0.2, -0.15) is 5.10 Å². The number of ether oxygens (including phenoxy) is 2. The van der Waals surface area contributed by atoms with E-state index in [-0.39, 0.29) is 12.0 Å². The predicted molar refractivity (Wildman–Crippen MR) is 130 cm³/mol. The van der Waals surface area contributed by atoms with Crippen molar-refractivity contribution in [3.05, 3.63) is 65.9 Å². The molecule has 1 N–H and O–H groups in total. The molecule has 33 heavy (non-hydrogen) atoms. The Morgan fingerprint density at radius 1 is 1.06 bits per heavy atom. The molecule has 6 nitrogen and oxygen atoms in total. The molecule has 1 unspecified atom stereocenters. The van der Waals surface area contributed by atoms with E-state index < -0.39 is 0 Å². The van der Waals surface area contributed by atoms with E-state index in [1.165, 1.54) is 12.8 Å². The highest BCUT2D eigenvalue weighted by Gasteiger charge is 2.28. The summed E-state index contributed by atoms with van der Waals surface area (Å²) in [6.07, 6.45) is 2.18. The summed E-state index contributed by atoms with van der Waals surface area (Å²) in [7, 11) is 1.65. The number of aliphatic hydroxyl groups is 1. The van der Waals surface area contributed by atoms with Crippen LogP contribution in [0.25, 0.3) is 5.69 Å². The molecule has 1 aromatic heterocycles. The molecule has 0 aliphatic heterocycles. The van der Waals surface area contributed by atoms with Gasteiger partial charge in [-0.05, 0) is 68.0 Å². The van der Waals surface area contributed by atoms with Gasteiger partial charge in [-0.1, -0.05) is 32.0 Å². The third kappa shape index (κ3) is 5.95. The van der Waals surface area contributed by atoms with E-state index in [0.717, 1.165) is 40.9 Å². The maximum Gasteiger partial charge on any atom is 0.227 e. The zero-order chi connectivity index (χ0) is 23.4. The smallest absolute Gasteiger partial charge is 0.227 e. The van der Waals surface area contributed by atoms with Crippen LogP contribution in [-0.2, 0) is 6.54 Å². The summed E-state index contributed by atoms with van der Waals surface area (Å²) in [5.41, 5.74) is 2.93. The summed E-state index contributed by atoms with van der Waals surface area (Å²) in [5, 5.41) is 15.5. The van der Waals surface area contributed by atoms with E-state index >= 15 is 0 Å². The third-order valence-corrected chi connectivity index (χ3v) is 6.22. The van der Waals surface area contributed by atoms with E-state index in [1.807, 2.05) is 66.2 Å². The molecule has 1 saturated carbocycles. The number of rotatable bonds is 11. The van der Waals surface area contributed by atoms with E-state index in [0.29, 0.717) is 19.0 Å². The number of aromatic nitrogens is 2. The number of para-hydroxylation sites is 1. The van der Waals surface area contributed by atoms with Crippen LogP contribution in [0.3, 0.4) is 0 Å². The minimum Gasteiger partial charge on any atom is -0.497 e. The highest BCUT2D eigenvalue weighted by atomic mass is 16.5. The lowest BCUT2D eigenvalue weighted by Gasteiger charge is -2.27. The van der Waals surface area contributed by atoms with Crippen molar-refractivity contribution in [2.75, 3.05) is 20.2 Å². The normalized spacial score (nSPS) is 14.6. The van der Waals surface area contributed by atoms with Crippen LogP contribution in [-0.4, -0.2) is 46.1 Å². The number of aliphatic hydroxyl groups excluding tert-OH is 1. The van der Waals surface area contributed by atoms with Gasteiger partial charge >= 0.3 is 0 Å². The fraction of sp³-hybridized carbons (Fsp3) is 0.444. The highest BCUT2D eigenvalue weighted by molar-refractivity contribution is 5.44. The van der Waals surface area contributed by atoms with Gasteiger partial charge in [0.25, 0.3) is 0 Å². The maximum absolute atomic E-state index is 10.6. The summed E-state index contributed by atoms with van der Waals surface area (Å²) in [6.45, 7) is 8.48. The molecular weight excluding hydrogens is 414 g/mol. The molecule has 1 aliphatic rings. The second-order valence-corrected chi connectivity index (χ2v) is 9.34. The summed E-state index contributed by atoms with van der Waals surface area (Å²) in [6, 6.07) is 17.7. The molecule has 0 saturated heterocycles. The van der Waals surface area contributed by atoms with Gasteiger partial charge in [0.05, 0.1) is 30.2 Å². The molecule has 1 heterocycles. The van der Waals surface area contributed by atoms with Gasteiger partial charge < -0.3 is 14.6 Å². The lowest BCUT2D eigenvalue weighted by atomic mass is 10.1. The molecule has 0 radical (unpaired) electrons. The highest BCUT2D eigenvalue weighted by Crippen LogP contribution is 2.34. The van der Waals surface area contributed by atoms with Crippen LogP contribution in [0.5, 0.6) is 17.4 Å². The molecule has 3 aromatic rings. The average Bonchev–Trinajstić information content (AvgIpc) is 3.59. The lowest BCUT2D eigenvalue weighted by molar-refractivity contribution is 0.0708. The zero-order valence-electron chi connectivity index (χ0n) is 20.1. The van der Waals surface area contributed by atoms with Crippen LogP contribution in [0.15, 0.2) is 54.6 Å². The number of hydrogen-bond acceptors (Lipinski definition) is 5. The van der Waals surface area contributed by atoms with Crippen LogP contribution in [0.1, 0.15) is 37.9 Å². The van der Waals surface area contributed by atoms with E-state index in [9.17, 15) is 5.11 Å². The largest absolute Gasteiger partial charge is 0.497 e. The monoisotopic (exact) mass is 449 g/mol. The second-order valence-electron chi connectivity index (χ2n) is 9.34. The van der Waals surface area contributed by atoms with Gasteiger partial charge in [-0.15, -0.1) is 0 Å². The van der Waals surface area contributed by atoms with Gasteiger partial charge in [0, 0.05) is 19.6 Å². The van der Waals surface area contributed by atoms with Crippen molar-refractivity contribution in [1.82, 2.24) is 14.7 Å². The Bertz CT molecular complexity index is 1030. The van der Waals surface area contributed by atoms with Crippen LogP contribution < -0.4 is 9.47 Å². The van der Waals surface area contributed by atoms with Crippen molar-refractivity contribution in [2.24, 2.45) is 11.8 Å². The first-order valence-electron chi connectivity index (χ1n) is 11.8. The van der Waals surface area contributed by atoms with Gasteiger partial charge in [-0.3, -0.25) is 4.90 Å². The van der Waals surface area contributed by atoms with Crippen molar-refractivity contribution in [1.29, 1.82) is 0 Å². The Balaban J connectivity index is 1.68. The number of nitrogens with zero attached hydrogens (tertiary/aromatic N) is 3. The van der Waals surface area contributed by atoms with Crippen molar-refractivity contribution < 1.29 is 14.6 Å². The topological polar surface area (TPSA) is 59.8 Å². The van der Waals surface area contributed by atoms with Crippen molar-refractivity contribution in [3.63, 3.8) is 0 Å². The SMILES string of the molecule is COc1ccc(Oc2c(CN(CC3CC3)CC(O)C(C)C)c(C)nn2-c2ccccc2)cc1. The molecular formula is C27H35N3O3. The fourth-order valence-corrected chi connectivity index (χ4v) is 3.89. The standard InChI is InChI=1S/C27H35N3O3/c1-19(2)26(31)18-29(16-21-10-11-21)17-25-20(3)28-30(22-8-6-5-7-9-22)27(25)33-24-14-12-23(32-4)13-15-24/h5-9,12-15,19,21,26,31H,10-11,16-18H2,1-4H3. The van der Waals surface area contributed by atoms with E-state index in [2.05, 4.69) is 18.7 Å². The minimum absolute atomic E-state index is 0.217. The first kappa shape index (κ1) is 23.3. The molecule has 1 aliphatic carbocycles. The number of aryl methyl sites for hydroxylation is 1. The zero-order valence-corrected chi connectivity index (χ0v) is 20.1. The van der Waals surface area contributed by atoms with Crippen LogP contribution in [0.2, 0.25) is 0 Å². The molecule has 0 amide bonds. The first-order valence-corrected chi connectivity index (χ1v) is 11.8. The summed E-state index contributed by atoms with van der Waals surface area (Å²) in [5.74, 6) is 3.16. The summed E-state index contributed by atoms with van der Waals surface area (Å²) in [4.78, 5) is 2.36.